The Labute approximate surface area is 112 Å². The van der Waals surface area contributed by atoms with Gasteiger partial charge in [0, 0.05) is 24.7 Å². The summed E-state index contributed by atoms with van der Waals surface area (Å²) in [4.78, 5) is 2.36. The fourth-order valence-electron chi connectivity index (χ4n) is 1.96. The summed E-state index contributed by atoms with van der Waals surface area (Å²) in [6, 6.07) is 3.91. The Hall–Kier alpha value is -1.00. The Morgan fingerprint density at radius 1 is 1.56 bits per heavy atom. The van der Waals surface area contributed by atoms with E-state index in [-0.39, 0.29) is 5.02 Å². The minimum atomic E-state index is -0.483. The van der Waals surface area contributed by atoms with Crippen molar-refractivity contribution in [2.45, 2.75) is 31.8 Å². The number of nitrogens with one attached hydrogen (secondary N) is 1. The molecule has 1 aromatic carbocycles. The van der Waals surface area contributed by atoms with Crippen LogP contribution in [0.3, 0.4) is 0 Å². The molecule has 1 fully saturated rings. The van der Waals surface area contributed by atoms with Gasteiger partial charge in [-0.2, -0.15) is 0 Å². The molecular weight excluding hydrogens is 253 g/mol. The smallest absolute Gasteiger partial charge is 0.143 e. The Balaban J connectivity index is 1.95. The number of rotatable bonds is 5. The van der Waals surface area contributed by atoms with Gasteiger partial charge in [-0.25, -0.2) is 4.39 Å². The molecule has 1 aliphatic carbocycles. The van der Waals surface area contributed by atoms with Crippen LogP contribution in [-0.2, 0) is 0 Å². The third-order valence-electron chi connectivity index (χ3n) is 3.50. The van der Waals surface area contributed by atoms with Crippen molar-refractivity contribution in [1.82, 2.24) is 4.90 Å². The van der Waals surface area contributed by atoms with Gasteiger partial charge >= 0.3 is 0 Å². The first kappa shape index (κ1) is 13.4. The van der Waals surface area contributed by atoms with Gasteiger partial charge in [-0.05, 0) is 32.9 Å². The monoisotopic (exact) mass is 271 g/mol. The molecule has 1 unspecified atom stereocenters. The molecule has 100 valence electrons. The van der Waals surface area contributed by atoms with Crippen molar-refractivity contribution in [1.29, 1.82) is 0 Å². The first-order valence-electron chi connectivity index (χ1n) is 6.19. The Morgan fingerprint density at radius 3 is 2.83 bits per heavy atom. The summed E-state index contributed by atoms with van der Waals surface area (Å²) in [5.74, 6) is -0.483. The zero-order valence-electron chi connectivity index (χ0n) is 10.7. The zero-order valence-corrected chi connectivity index (χ0v) is 11.5. The van der Waals surface area contributed by atoms with Crippen LogP contribution in [0.15, 0.2) is 12.1 Å². The molecule has 2 rings (SSSR count). The van der Waals surface area contributed by atoms with Crippen LogP contribution in [0.25, 0.3) is 0 Å². The lowest BCUT2D eigenvalue weighted by Crippen LogP contribution is -2.36. The maximum atomic E-state index is 13.2. The number of nitrogen functional groups attached to an aromatic ring is 1. The third-order valence-corrected chi connectivity index (χ3v) is 3.79. The van der Waals surface area contributed by atoms with Gasteiger partial charge in [-0.3, -0.25) is 4.90 Å². The van der Waals surface area contributed by atoms with E-state index in [0.29, 0.717) is 17.4 Å². The van der Waals surface area contributed by atoms with Crippen LogP contribution in [-0.4, -0.2) is 30.6 Å². The van der Waals surface area contributed by atoms with E-state index in [0.717, 1.165) is 12.6 Å². The van der Waals surface area contributed by atoms with Crippen LogP contribution in [0.5, 0.6) is 0 Å². The lowest BCUT2D eigenvalue weighted by atomic mass is 10.2. The SMILES string of the molecule is CC(CNc1cc(Cl)c(F)cc1N)N(C)C1CC1. The third kappa shape index (κ3) is 3.06. The molecule has 3 N–H and O–H groups in total. The molecule has 1 aliphatic rings. The van der Waals surface area contributed by atoms with Gasteiger partial charge in [0.15, 0.2) is 0 Å². The van der Waals surface area contributed by atoms with Gasteiger partial charge in [-0.1, -0.05) is 11.6 Å². The molecule has 0 bridgehead atoms. The minimum Gasteiger partial charge on any atom is -0.397 e. The maximum Gasteiger partial charge on any atom is 0.143 e. The van der Waals surface area contributed by atoms with E-state index in [2.05, 4.69) is 24.2 Å². The first-order valence-corrected chi connectivity index (χ1v) is 6.57. The predicted octanol–water partition coefficient (Wildman–Crippen LogP) is 2.96. The van der Waals surface area contributed by atoms with Crippen LogP contribution < -0.4 is 11.1 Å². The highest BCUT2D eigenvalue weighted by Gasteiger charge is 2.28. The lowest BCUT2D eigenvalue weighted by molar-refractivity contribution is 0.257. The van der Waals surface area contributed by atoms with E-state index < -0.39 is 5.82 Å². The highest BCUT2D eigenvalue weighted by Crippen LogP contribution is 2.28. The van der Waals surface area contributed by atoms with Crippen molar-refractivity contribution >= 4 is 23.0 Å². The van der Waals surface area contributed by atoms with Crippen LogP contribution in [0, 0.1) is 5.82 Å². The summed E-state index contributed by atoms with van der Waals surface area (Å²) in [6.07, 6.45) is 2.57. The minimum absolute atomic E-state index is 0.0925. The van der Waals surface area contributed by atoms with E-state index in [4.69, 9.17) is 17.3 Å². The summed E-state index contributed by atoms with van der Waals surface area (Å²) in [7, 11) is 2.13. The van der Waals surface area contributed by atoms with Gasteiger partial charge < -0.3 is 11.1 Å². The van der Waals surface area contributed by atoms with Gasteiger partial charge in [-0.15, -0.1) is 0 Å². The summed E-state index contributed by atoms with van der Waals surface area (Å²) in [5.41, 5.74) is 6.83. The van der Waals surface area contributed by atoms with E-state index in [1.165, 1.54) is 25.0 Å². The van der Waals surface area contributed by atoms with Crippen molar-refractivity contribution in [3.63, 3.8) is 0 Å². The number of benzene rings is 1. The largest absolute Gasteiger partial charge is 0.397 e. The van der Waals surface area contributed by atoms with E-state index in [1.54, 1.807) is 0 Å². The second-order valence-corrected chi connectivity index (χ2v) is 5.39. The normalized spacial score (nSPS) is 16.9. The summed E-state index contributed by atoms with van der Waals surface area (Å²) in [5, 5.41) is 3.32. The number of nitrogens with zero attached hydrogens (tertiary/aromatic N) is 1. The Kier molecular flexibility index (Phi) is 3.97. The topological polar surface area (TPSA) is 41.3 Å². The number of nitrogens with two attached hydrogens (primary N) is 1. The number of hydrogen-bond acceptors (Lipinski definition) is 3. The van der Waals surface area contributed by atoms with Crippen molar-refractivity contribution in [3.05, 3.63) is 23.0 Å². The van der Waals surface area contributed by atoms with Crippen molar-refractivity contribution < 1.29 is 4.39 Å². The molecule has 0 aromatic heterocycles. The van der Waals surface area contributed by atoms with Gasteiger partial charge in [0.1, 0.15) is 5.82 Å². The molecule has 0 amide bonds. The fraction of sp³-hybridized carbons (Fsp3) is 0.538. The second kappa shape index (κ2) is 5.33. The molecule has 0 saturated heterocycles. The van der Waals surface area contributed by atoms with Crippen LogP contribution in [0.2, 0.25) is 5.02 Å². The molecule has 1 atom stereocenters. The molecule has 5 heteroatoms. The van der Waals surface area contributed by atoms with Crippen molar-refractivity contribution in [2.24, 2.45) is 0 Å². The molecule has 0 spiro atoms. The van der Waals surface area contributed by atoms with E-state index >= 15 is 0 Å². The average molecular weight is 272 g/mol. The molecular formula is C13H19ClFN3. The van der Waals surface area contributed by atoms with Crippen LogP contribution in [0.1, 0.15) is 19.8 Å². The average Bonchev–Trinajstić information content (AvgIpc) is 3.14. The zero-order chi connectivity index (χ0) is 13.3. The quantitative estimate of drug-likeness (QED) is 0.809. The molecule has 1 aromatic rings. The van der Waals surface area contributed by atoms with Gasteiger partial charge in [0.25, 0.3) is 0 Å². The van der Waals surface area contributed by atoms with Gasteiger partial charge in [0.2, 0.25) is 0 Å². The molecule has 3 nitrogen and oxygen atoms in total. The molecule has 0 radical (unpaired) electrons. The molecule has 18 heavy (non-hydrogen) atoms. The highest BCUT2D eigenvalue weighted by atomic mass is 35.5. The van der Waals surface area contributed by atoms with E-state index in [1.807, 2.05) is 0 Å². The number of halogens is 2. The van der Waals surface area contributed by atoms with E-state index in [9.17, 15) is 4.39 Å². The number of likely N-dealkylation sites (N-methyl/N-ethyl adjacent to an activating group) is 1. The molecule has 1 saturated carbocycles. The van der Waals surface area contributed by atoms with Crippen molar-refractivity contribution in [3.8, 4) is 0 Å². The predicted molar refractivity (Wildman–Crippen MR) is 74.6 cm³/mol. The number of hydrogen-bond donors (Lipinski definition) is 2. The summed E-state index contributed by atoms with van der Waals surface area (Å²) in [6.45, 7) is 2.92. The molecule has 0 heterocycles. The van der Waals surface area contributed by atoms with Crippen LogP contribution in [0.4, 0.5) is 15.8 Å². The standard InChI is InChI=1S/C13H19ClFN3/c1-8(18(2)9-3-4-9)7-17-13-5-10(14)11(15)6-12(13)16/h5-6,8-9,17H,3-4,7,16H2,1-2H3. The Morgan fingerprint density at radius 2 is 2.22 bits per heavy atom. The first-order chi connectivity index (χ1) is 8.49. The summed E-state index contributed by atoms with van der Waals surface area (Å²) < 4.78 is 13.2. The van der Waals surface area contributed by atoms with Crippen molar-refractivity contribution in [2.75, 3.05) is 24.6 Å². The fourth-order valence-corrected chi connectivity index (χ4v) is 2.12. The highest BCUT2D eigenvalue weighted by molar-refractivity contribution is 6.31. The summed E-state index contributed by atoms with van der Waals surface area (Å²) >= 11 is 5.74. The lowest BCUT2D eigenvalue weighted by Gasteiger charge is -2.25. The van der Waals surface area contributed by atoms with Gasteiger partial charge in [0.05, 0.1) is 16.4 Å². The number of anilines is 2. The molecule has 0 aliphatic heterocycles. The maximum absolute atomic E-state index is 13.2. The second-order valence-electron chi connectivity index (χ2n) is 4.98. The van der Waals surface area contributed by atoms with Crippen LogP contribution >= 0.6 is 11.6 Å². The Bertz CT molecular complexity index is 434.